The fraction of sp³-hybridized carbons (Fsp3) is 0.200. The molecule has 32 heavy (non-hydrogen) atoms. The average molecular weight is 434 g/mol. The quantitative estimate of drug-likeness (QED) is 0.382. The molecule has 0 radical (unpaired) electrons. The highest BCUT2D eigenvalue weighted by molar-refractivity contribution is 5.84. The Morgan fingerprint density at radius 3 is 2.31 bits per heavy atom. The molecule has 0 fully saturated rings. The number of carbonyl (C=O) groups excluding carboxylic acids is 1. The summed E-state index contributed by atoms with van der Waals surface area (Å²) in [5.74, 6) is 2.11. The van der Waals surface area contributed by atoms with Crippen molar-refractivity contribution in [2.24, 2.45) is 5.10 Å². The molecule has 3 aromatic carbocycles. The third-order valence-corrected chi connectivity index (χ3v) is 4.55. The van der Waals surface area contributed by atoms with E-state index in [9.17, 15) is 4.79 Å². The van der Waals surface area contributed by atoms with Crippen LogP contribution in [0.4, 0.5) is 0 Å². The Labute approximate surface area is 187 Å². The Bertz CT molecular complexity index is 1040. The summed E-state index contributed by atoms with van der Waals surface area (Å²) >= 11 is 0. The maximum atomic E-state index is 12.3. The lowest BCUT2D eigenvalue weighted by Crippen LogP contribution is -2.33. The number of methoxy groups -OCH3 is 2. The van der Waals surface area contributed by atoms with Crippen molar-refractivity contribution in [1.82, 2.24) is 5.43 Å². The second-order valence-electron chi connectivity index (χ2n) is 6.85. The lowest BCUT2D eigenvalue weighted by molar-refractivity contribution is -0.127. The fourth-order valence-electron chi connectivity index (χ4n) is 2.81. The Hall–Kier alpha value is -4.00. The average Bonchev–Trinajstić information content (AvgIpc) is 2.84. The lowest BCUT2D eigenvalue weighted by atomic mass is 10.2. The molecule has 1 atom stereocenters. The maximum Gasteiger partial charge on any atom is 0.280 e. The van der Waals surface area contributed by atoms with E-state index in [0.717, 1.165) is 16.9 Å². The standard InChI is InChI=1S/C25H26N2O5/c1-18(25(28)27-26-16-20-9-14-23(29-2)24(15-20)30-3)32-22-12-10-21(11-13-22)31-17-19-7-5-4-6-8-19/h4-16,18H,17H2,1-3H3,(H,27,28)/t18-/m0/s1. The Morgan fingerprint density at radius 1 is 0.938 bits per heavy atom. The van der Waals surface area contributed by atoms with Crippen LogP contribution in [0.1, 0.15) is 18.1 Å². The van der Waals surface area contributed by atoms with Gasteiger partial charge in [0.2, 0.25) is 0 Å². The zero-order valence-corrected chi connectivity index (χ0v) is 18.3. The molecule has 0 aromatic heterocycles. The van der Waals surface area contributed by atoms with E-state index < -0.39 is 6.10 Å². The van der Waals surface area contributed by atoms with Crippen molar-refractivity contribution in [2.75, 3.05) is 14.2 Å². The van der Waals surface area contributed by atoms with Crippen molar-refractivity contribution in [2.45, 2.75) is 19.6 Å². The van der Waals surface area contributed by atoms with Crippen molar-refractivity contribution < 1.29 is 23.7 Å². The number of nitrogens with one attached hydrogen (secondary N) is 1. The smallest absolute Gasteiger partial charge is 0.280 e. The molecule has 0 aliphatic rings. The van der Waals surface area contributed by atoms with Gasteiger partial charge in [-0.15, -0.1) is 0 Å². The van der Waals surface area contributed by atoms with E-state index in [1.165, 1.54) is 6.21 Å². The molecule has 7 nitrogen and oxygen atoms in total. The van der Waals surface area contributed by atoms with Crippen molar-refractivity contribution in [3.63, 3.8) is 0 Å². The molecular formula is C25H26N2O5. The molecule has 0 aliphatic heterocycles. The molecule has 166 valence electrons. The van der Waals surface area contributed by atoms with Crippen LogP contribution in [0, 0.1) is 0 Å². The minimum atomic E-state index is -0.728. The Balaban J connectivity index is 1.48. The molecule has 0 saturated heterocycles. The van der Waals surface area contributed by atoms with E-state index in [-0.39, 0.29) is 5.91 Å². The number of amides is 1. The van der Waals surface area contributed by atoms with Gasteiger partial charge in [-0.25, -0.2) is 5.43 Å². The van der Waals surface area contributed by atoms with Gasteiger partial charge >= 0.3 is 0 Å². The molecule has 1 N–H and O–H groups in total. The van der Waals surface area contributed by atoms with Crippen LogP contribution < -0.4 is 24.4 Å². The first-order valence-electron chi connectivity index (χ1n) is 10.1. The Morgan fingerprint density at radius 2 is 1.62 bits per heavy atom. The number of nitrogens with zero attached hydrogens (tertiary/aromatic N) is 1. The summed E-state index contributed by atoms with van der Waals surface area (Å²) in [4.78, 5) is 12.3. The van der Waals surface area contributed by atoms with Gasteiger partial charge < -0.3 is 18.9 Å². The topological polar surface area (TPSA) is 78.4 Å². The first-order valence-corrected chi connectivity index (χ1v) is 10.1. The van der Waals surface area contributed by atoms with Gasteiger partial charge in [-0.1, -0.05) is 30.3 Å². The summed E-state index contributed by atoms with van der Waals surface area (Å²) in [5, 5.41) is 3.98. The minimum Gasteiger partial charge on any atom is -0.493 e. The van der Waals surface area contributed by atoms with Gasteiger partial charge in [0.15, 0.2) is 17.6 Å². The van der Waals surface area contributed by atoms with Gasteiger partial charge in [0.05, 0.1) is 20.4 Å². The molecule has 0 saturated carbocycles. The van der Waals surface area contributed by atoms with E-state index in [4.69, 9.17) is 18.9 Å². The van der Waals surface area contributed by atoms with Gasteiger partial charge in [-0.3, -0.25) is 4.79 Å². The third-order valence-electron chi connectivity index (χ3n) is 4.55. The highest BCUT2D eigenvalue weighted by Crippen LogP contribution is 2.26. The molecule has 3 rings (SSSR count). The number of ether oxygens (including phenoxy) is 4. The van der Waals surface area contributed by atoms with Crippen LogP contribution in [-0.4, -0.2) is 32.4 Å². The van der Waals surface area contributed by atoms with Gasteiger partial charge in [0.1, 0.15) is 18.1 Å². The van der Waals surface area contributed by atoms with E-state index in [2.05, 4.69) is 10.5 Å². The maximum absolute atomic E-state index is 12.3. The lowest BCUT2D eigenvalue weighted by Gasteiger charge is -2.13. The van der Waals surface area contributed by atoms with E-state index in [1.54, 1.807) is 63.6 Å². The molecule has 0 bridgehead atoms. The van der Waals surface area contributed by atoms with Gasteiger partial charge in [0, 0.05) is 0 Å². The third kappa shape index (κ3) is 6.50. The summed E-state index contributed by atoms with van der Waals surface area (Å²) in [6, 6.07) is 22.4. The molecule has 0 heterocycles. The van der Waals surface area contributed by atoms with Crippen LogP contribution in [0.5, 0.6) is 23.0 Å². The first kappa shape index (κ1) is 22.7. The SMILES string of the molecule is COc1ccc(C=NNC(=O)[C@H](C)Oc2ccc(OCc3ccccc3)cc2)cc1OC. The molecule has 0 aliphatic carbocycles. The molecule has 3 aromatic rings. The van der Waals surface area contributed by atoms with Crippen LogP contribution in [0.3, 0.4) is 0 Å². The summed E-state index contributed by atoms with van der Waals surface area (Å²) in [5.41, 5.74) is 4.32. The number of hydrazone groups is 1. The van der Waals surface area contributed by atoms with Gasteiger partial charge in [-0.05, 0) is 60.5 Å². The van der Waals surface area contributed by atoms with E-state index in [1.807, 2.05) is 30.3 Å². The van der Waals surface area contributed by atoms with Crippen LogP contribution in [0.2, 0.25) is 0 Å². The monoisotopic (exact) mass is 434 g/mol. The first-order chi connectivity index (χ1) is 15.6. The second kappa shape index (κ2) is 11.4. The number of rotatable bonds is 10. The number of carbonyl (C=O) groups is 1. The number of hydrogen-bond donors (Lipinski definition) is 1. The number of benzene rings is 3. The van der Waals surface area contributed by atoms with Gasteiger partial charge in [-0.2, -0.15) is 5.10 Å². The molecule has 1 amide bonds. The van der Waals surface area contributed by atoms with Crippen molar-refractivity contribution in [1.29, 1.82) is 0 Å². The summed E-state index contributed by atoms with van der Waals surface area (Å²) in [7, 11) is 3.13. The predicted molar refractivity (Wildman–Crippen MR) is 123 cm³/mol. The fourth-order valence-corrected chi connectivity index (χ4v) is 2.81. The largest absolute Gasteiger partial charge is 0.493 e. The van der Waals surface area contributed by atoms with Crippen LogP contribution in [0.25, 0.3) is 0 Å². The van der Waals surface area contributed by atoms with Crippen molar-refractivity contribution >= 4 is 12.1 Å². The van der Waals surface area contributed by atoms with Crippen LogP contribution >= 0.6 is 0 Å². The van der Waals surface area contributed by atoms with Crippen molar-refractivity contribution in [3.05, 3.63) is 83.9 Å². The summed E-state index contributed by atoms with van der Waals surface area (Å²) < 4.78 is 21.9. The van der Waals surface area contributed by atoms with E-state index >= 15 is 0 Å². The zero-order valence-electron chi connectivity index (χ0n) is 18.3. The van der Waals surface area contributed by atoms with Crippen molar-refractivity contribution in [3.8, 4) is 23.0 Å². The van der Waals surface area contributed by atoms with E-state index in [0.29, 0.717) is 23.9 Å². The van der Waals surface area contributed by atoms with Gasteiger partial charge in [0.25, 0.3) is 5.91 Å². The molecule has 0 spiro atoms. The summed E-state index contributed by atoms with van der Waals surface area (Å²) in [6.45, 7) is 2.14. The highest BCUT2D eigenvalue weighted by atomic mass is 16.5. The number of hydrogen-bond acceptors (Lipinski definition) is 6. The normalized spacial score (nSPS) is 11.6. The van der Waals surface area contributed by atoms with Crippen LogP contribution in [0.15, 0.2) is 77.9 Å². The van der Waals surface area contributed by atoms with Crippen LogP contribution in [-0.2, 0) is 11.4 Å². The summed E-state index contributed by atoms with van der Waals surface area (Å²) in [6.07, 6.45) is 0.791. The molecule has 0 unspecified atom stereocenters. The molecule has 7 heteroatoms. The highest BCUT2D eigenvalue weighted by Gasteiger charge is 2.14. The Kier molecular flexibility index (Phi) is 8.09. The predicted octanol–water partition coefficient (Wildman–Crippen LogP) is 4.20. The minimum absolute atomic E-state index is 0.369. The zero-order chi connectivity index (χ0) is 22.8. The molecular weight excluding hydrogens is 408 g/mol. The second-order valence-corrected chi connectivity index (χ2v) is 6.85.